The summed E-state index contributed by atoms with van der Waals surface area (Å²) in [5.74, 6) is 0.733. The molecule has 270 valence electrons. The average Bonchev–Trinajstić information content (AvgIpc) is 3.69. The van der Waals surface area contributed by atoms with E-state index in [-0.39, 0.29) is 43.2 Å². The molecular weight excluding hydrogens is 644 g/mol. The van der Waals surface area contributed by atoms with Crippen molar-refractivity contribution in [2.24, 2.45) is 13.0 Å². The summed E-state index contributed by atoms with van der Waals surface area (Å²) in [5, 5.41) is 8.97. The van der Waals surface area contributed by atoms with Gasteiger partial charge in [0.2, 0.25) is 13.1 Å². The molecule has 0 bridgehead atoms. The first kappa shape index (κ1) is 35.7. The summed E-state index contributed by atoms with van der Waals surface area (Å²) in [5.41, 5.74) is 3.12. The third kappa shape index (κ3) is 7.92. The molecule has 0 saturated carbocycles. The number of nitrogens with zero attached hydrogens (tertiary/aromatic N) is 4. The molecule has 1 amide bonds. The van der Waals surface area contributed by atoms with Crippen LogP contribution in [0.5, 0.6) is 11.5 Å². The quantitative estimate of drug-likeness (QED) is 0.238. The molecule has 13 heteroatoms. The van der Waals surface area contributed by atoms with Crippen molar-refractivity contribution in [1.82, 2.24) is 19.2 Å². The fourth-order valence-electron chi connectivity index (χ4n) is 6.91. The number of hydrogen-bond acceptors (Lipinski definition) is 10. The maximum absolute atomic E-state index is 14.3. The lowest BCUT2D eigenvalue weighted by molar-refractivity contribution is -0.172. The molecule has 4 heterocycles. The molecule has 0 radical (unpaired) electrons. The molecule has 1 fully saturated rings. The Kier molecular flexibility index (Phi) is 11.9. The molecule has 0 spiro atoms. The van der Waals surface area contributed by atoms with Gasteiger partial charge in [0.15, 0.2) is 17.3 Å². The second-order valence-electron chi connectivity index (χ2n) is 12.6. The Bertz CT molecular complexity index is 1680. The van der Waals surface area contributed by atoms with Crippen LogP contribution in [-0.4, -0.2) is 109 Å². The highest BCUT2D eigenvalue weighted by Crippen LogP contribution is 2.40. The van der Waals surface area contributed by atoms with Crippen molar-refractivity contribution in [1.29, 1.82) is 0 Å². The SMILES string of the molecule is CCOC1OC(C(=O)N2CCN(Cc3ccc4c(c3)OCO4)CC2)=CC(c2c(C)n(C)n(-c3ccccc3)c2=O)C1CCOCCOCCO. The van der Waals surface area contributed by atoms with Gasteiger partial charge < -0.3 is 38.4 Å². The number of ether oxygens (including phenoxy) is 6. The number of rotatable bonds is 15. The van der Waals surface area contributed by atoms with E-state index in [4.69, 9.17) is 33.5 Å². The highest BCUT2D eigenvalue weighted by Gasteiger charge is 2.42. The van der Waals surface area contributed by atoms with Crippen molar-refractivity contribution >= 4 is 5.91 Å². The Labute approximate surface area is 292 Å². The van der Waals surface area contributed by atoms with Gasteiger partial charge in [-0.1, -0.05) is 24.3 Å². The second-order valence-corrected chi connectivity index (χ2v) is 12.6. The number of amides is 1. The van der Waals surface area contributed by atoms with E-state index < -0.39 is 12.2 Å². The molecule has 13 nitrogen and oxygen atoms in total. The van der Waals surface area contributed by atoms with E-state index in [9.17, 15) is 9.59 Å². The molecular formula is C37H48N4O9. The normalized spacial score (nSPS) is 20.5. The molecule has 3 atom stereocenters. The summed E-state index contributed by atoms with van der Waals surface area (Å²) in [7, 11) is 1.87. The summed E-state index contributed by atoms with van der Waals surface area (Å²) in [4.78, 5) is 32.5. The predicted octanol–water partition coefficient (Wildman–Crippen LogP) is 2.95. The summed E-state index contributed by atoms with van der Waals surface area (Å²) in [6.07, 6.45) is 1.58. The topological polar surface area (TPSA) is 126 Å². The Morgan fingerprint density at radius 2 is 1.70 bits per heavy atom. The lowest BCUT2D eigenvalue weighted by Crippen LogP contribution is -2.50. The minimum absolute atomic E-state index is 0.0433. The number of aromatic nitrogens is 2. The molecule has 1 aromatic heterocycles. The van der Waals surface area contributed by atoms with Crippen LogP contribution in [0.4, 0.5) is 0 Å². The number of aliphatic hydroxyl groups is 1. The lowest BCUT2D eigenvalue weighted by Gasteiger charge is -2.39. The van der Waals surface area contributed by atoms with Crippen LogP contribution in [0.1, 0.15) is 36.1 Å². The monoisotopic (exact) mass is 692 g/mol. The van der Waals surface area contributed by atoms with Gasteiger partial charge in [0.05, 0.1) is 32.1 Å². The number of benzene rings is 2. The molecule has 50 heavy (non-hydrogen) atoms. The number of hydrogen-bond donors (Lipinski definition) is 1. The lowest BCUT2D eigenvalue weighted by atomic mass is 9.81. The number of aliphatic hydroxyl groups excluding tert-OH is 1. The molecule has 6 rings (SSSR count). The third-order valence-corrected chi connectivity index (χ3v) is 9.56. The first-order chi connectivity index (χ1) is 24.4. The largest absolute Gasteiger partial charge is 0.459 e. The number of carbonyl (C=O) groups excluding carboxylic acids is 1. The Hall–Kier alpha value is -4.14. The first-order valence-electron chi connectivity index (χ1n) is 17.4. The molecule has 1 N–H and O–H groups in total. The van der Waals surface area contributed by atoms with Crippen molar-refractivity contribution in [2.75, 3.05) is 72.6 Å². The van der Waals surface area contributed by atoms with Crippen molar-refractivity contribution < 1.29 is 38.3 Å². The molecule has 2 aromatic carbocycles. The van der Waals surface area contributed by atoms with E-state index in [1.807, 2.05) is 85.1 Å². The van der Waals surface area contributed by atoms with Crippen LogP contribution in [-0.2, 0) is 37.3 Å². The molecule has 3 aromatic rings. The standard InChI is InChI=1S/C37H48N4O9/c1-4-47-37-29(12-18-45-20-21-46-19-17-42)30(34-26(2)38(3)41(36(34)44)28-8-6-5-7-9-28)23-33(50-37)35(43)40-15-13-39(14-16-40)24-27-10-11-31-32(22-27)49-25-48-31/h5-11,22-23,29-30,37,42H,4,12-21,24-25H2,1-3H3. The van der Waals surface area contributed by atoms with Crippen molar-refractivity contribution in [3.8, 4) is 17.2 Å². The first-order valence-corrected chi connectivity index (χ1v) is 17.4. The van der Waals surface area contributed by atoms with E-state index in [0.29, 0.717) is 64.6 Å². The molecule has 1 saturated heterocycles. The maximum atomic E-state index is 14.3. The Balaban J connectivity index is 1.23. The zero-order valence-electron chi connectivity index (χ0n) is 29.1. The summed E-state index contributed by atoms with van der Waals surface area (Å²) >= 11 is 0. The Morgan fingerprint density at radius 3 is 2.44 bits per heavy atom. The van der Waals surface area contributed by atoms with Crippen LogP contribution >= 0.6 is 0 Å². The van der Waals surface area contributed by atoms with Gasteiger partial charge >= 0.3 is 0 Å². The van der Waals surface area contributed by atoms with E-state index in [0.717, 1.165) is 35.0 Å². The highest BCUT2D eigenvalue weighted by molar-refractivity contribution is 5.92. The minimum Gasteiger partial charge on any atom is -0.459 e. The van der Waals surface area contributed by atoms with E-state index >= 15 is 0 Å². The maximum Gasteiger partial charge on any atom is 0.288 e. The van der Waals surface area contributed by atoms with Crippen LogP contribution < -0.4 is 15.0 Å². The van der Waals surface area contributed by atoms with Crippen molar-refractivity contribution in [2.45, 2.75) is 39.0 Å². The number of piperazine rings is 1. The summed E-state index contributed by atoms with van der Waals surface area (Å²) in [6.45, 7) is 8.96. The molecule has 3 unspecified atom stereocenters. The van der Waals surface area contributed by atoms with Crippen LogP contribution in [0.3, 0.4) is 0 Å². The van der Waals surface area contributed by atoms with E-state index in [2.05, 4.69) is 4.90 Å². The van der Waals surface area contributed by atoms with Crippen molar-refractivity contribution in [3.05, 3.63) is 87.5 Å². The third-order valence-electron chi connectivity index (χ3n) is 9.56. The zero-order valence-corrected chi connectivity index (χ0v) is 29.1. The van der Waals surface area contributed by atoms with E-state index in [1.54, 1.807) is 4.68 Å². The number of fused-ring (bicyclic) bond motifs is 1. The van der Waals surface area contributed by atoms with Gasteiger partial charge in [-0.15, -0.1) is 0 Å². The molecule has 3 aliphatic rings. The summed E-state index contributed by atoms with van der Waals surface area (Å²) < 4.78 is 38.2. The van der Waals surface area contributed by atoms with Gasteiger partial charge in [0.1, 0.15) is 0 Å². The van der Waals surface area contributed by atoms with Gasteiger partial charge in [-0.25, -0.2) is 4.68 Å². The van der Waals surface area contributed by atoms with E-state index in [1.165, 1.54) is 0 Å². The molecule has 3 aliphatic heterocycles. The molecule has 0 aliphatic carbocycles. The average molecular weight is 693 g/mol. The fourth-order valence-corrected chi connectivity index (χ4v) is 6.91. The predicted molar refractivity (Wildman–Crippen MR) is 184 cm³/mol. The van der Waals surface area contributed by atoms with Gasteiger partial charge in [-0.2, -0.15) is 0 Å². The van der Waals surface area contributed by atoms with Crippen LogP contribution in [0, 0.1) is 12.8 Å². The smallest absolute Gasteiger partial charge is 0.288 e. The minimum atomic E-state index is -0.764. The van der Waals surface area contributed by atoms with Gasteiger partial charge in [0.25, 0.3) is 11.5 Å². The van der Waals surface area contributed by atoms with Crippen LogP contribution in [0.25, 0.3) is 5.69 Å². The number of allylic oxidation sites excluding steroid dienone is 1. The summed E-state index contributed by atoms with van der Waals surface area (Å²) in [6, 6.07) is 15.5. The Morgan fingerprint density at radius 1 is 0.960 bits per heavy atom. The fraction of sp³-hybridized carbons (Fsp3) is 0.514. The second kappa shape index (κ2) is 16.7. The number of para-hydroxylation sites is 1. The van der Waals surface area contributed by atoms with Crippen LogP contribution in [0.2, 0.25) is 0 Å². The van der Waals surface area contributed by atoms with Crippen LogP contribution in [0.15, 0.2) is 65.2 Å². The van der Waals surface area contributed by atoms with Gasteiger partial charge in [-0.05, 0) is 56.2 Å². The van der Waals surface area contributed by atoms with Gasteiger partial charge in [-0.3, -0.25) is 19.2 Å². The van der Waals surface area contributed by atoms with Crippen molar-refractivity contribution in [3.63, 3.8) is 0 Å². The number of carbonyl (C=O) groups is 1. The zero-order chi connectivity index (χ0) is 35.0. The highest BCUT2D eigenvalue weighted by atomic mass is 16.7. The van der Waals surface area contributed by atoms with Gasteiger partial charge in [0, 0.05) is 76.1 Å².